The van der Waals surface area contributed by atoms with Crippen LogP contribution >= 0.6 is 0 Å². The second-order valence-electron chi connectivity index (χ2n) is 6.14. The fourth-order valence-electron chi connectivity index (χ4n) is 3.01. The lowest BCUT2D eigenvalue weighted by atomic mass is 10.0. The van der Waals surface area contributed by atoms with E-state index in [1.54, 1.807) is 32.4 Å². The summed E-state index contributed by atoms with van der Waals surface area (Å²) in [7, 11) is 0. The average Bonchev–Trinajstić information content (AvgIpc) is 2.86. The highest BCUT2D eigenvalue weighted by atomic mass is 16.1. The van der Waals surface area contributed by atoms with E-state index in [-0.39, 0.29) is 18.1 Å². The van der Waals surface area contributed by atoms with E-state index in [0.29, 0.717) is 11.4 Å². The Balaban J connectivity index is 2.26. The summed E-state index contributed by atoms with van der Waals surface area (Å²) in [6.07, 6.45) is 5.34. The lowest BCUT2D eigenvalue weighted by Gasteiger charge is -2.08. The van der Waals surface area contributed by atoms with Crippen LogP contribution in [0.3, 0.4) is 0 Å². The minimum Gasteiger partial charge on any atom is -0.339 e. The number of aromatic nitrogens is 3. The standard InChI is InChI=1S/C19H19N3O2/c1-11-5-15(16-7-20-14(4)21-8-16)6-17-18(13(3)24)10-22(19(11)17)9-12(2)23/h5-8,10H,9H2,1-4H3. The first-order chi connectivity index (χ1) is 11.4. The van der Waals surface area contributed by atoms with Gasteiger partial charge in [0, 0.05) is 35.1 Å². The molecule has 0 atom stereocenters. The van der Waals surface area contributed by atoms with Crippen molar-refractivity contribution in [3.8, 4) is 11.1 Å². The van der Waals surface area contributed by atoms with Crippen LogP contribution in [0.5, 0.6) is 0 Å². The van der Waals surface area contributed by atoms with Crippen LogP contribution in [0.25, 0.3) is 22.0 Å². The van der Waals surface area contributed by atoms with Gasteiger partial charge >= 0.3 is 0 Å². The van der Waals surface area contributed by atoms with Gasteiger partial charge < -0.3 is 4.57 Å². The number of rotatable bonds is 4. The van der Waals surface area contributed by atoms with Crippen LogP contribution in [0.2, 0.25) is 0 Å². The summed E-state index contributed by atoms with van der Waals surface area (Å²) in [5, 5.41) is 0.860. The molecule has 5 nitrogen and oxygen atoms in total. The van der Waals surface area contributed by atoms with Crippen LogP contribution in [0.1, 0.15) is 35.6 Å². The van der Waals surface area contributed by atoms with Crippen molar-refractivity contribution in [2.24, 2.45) is 0 Å². The van der Waals surface area contributed by atoms with Gasteiger partial charge in [0.25, 0.3) is 0 Å². The van der Waals surface area contributed by atoms with Gasteiger partial charge in [-0.2, -0.15) is 0 Å². The number of nitrogens with zero attached hydrogens (tertiary/aromatic N) is 3. The van der Waals surface area contributed by atoms with Gasteiger partial charge in [-0.1, -0.05) is 0 Å². The van der Waals surface area contributed by atoms with Crippen LogP contribution in [-0.4, -0.2) is 26.1 Å². The maximum Gasteiger partial charge on any atom is 0.161 e. The third-order valence-electron chi connectivity index (χ3n) is 4.05. The Kier molecular flexibility index (Phi) is 4.01. The molecule has 0 aliphatic rings. The van der Waals surface area contributed by atoms with Crippen LogP contribution in [0, 0.1) is 13.8 Å². The second kappa shape index (κ2) is 6.00. The van der Waals surface area contributed by atoms with E-state index in [9.17, 15) is 9.59 Å². The minimum absolute atomic E-state index is 0.0148. The molecule has 3 aromatic rings. The Labute approximate surface area is 140 Å². The van der Waals surface area contributed by atoms with E-state index in [1.807, 2.05) is 30.5 Å². The minimum atomic E-state index is -0.0148. The highest BCUT2D eigenvalue weighted by molar-refractivity contribution is 6.09. The normalized spacial score (nSPS) is 11.0. The van der Waals surface area contributed by atoms with Gasteiger partial charge in [0.05, 0.1) is 12.1 Å². The van der Waals surface area contributed by atoms with Crippen molar-refractivity contribution < 1.29 is 9.59 Å². The Bertz CT molecular complexity index is 953. The Morgan fingerprint density at radius 3 is 2.29 bits per heavy atom. The van der Waals surface area contributed by atoms with Crippen molar-refractivity contribution >= 4 is 22.5 Å². The molecule has 0 aliphatic carbocycles. The number of aryl methyl sites for hydroxylation is 2. The summed E-state index contributed by atoms with van der Waals surface area (Å²) < 4.78 is 1.86. The zero-order valence-corrected chi connectivity index (χ0v) is 14.3. The predicted molar refractivity (Wildman–Crippen MR) is 93.1 cm³/mol. The van der Waals surface area contributed by atoms with Crippen molar-refractivity contribution in [2.75, 3.05) is 0 Å². The first kappa shape index (κ1) is 16.1. The molecule has 5 heteroatoms. The quantitative estimate of drug-likeness (QED) is 0.690. The number of Topliss-reactive ketones (excluding diaryl/α,β-unsaturated/α-hetero) is 2. The van der Waals surface area contributed by atoms with Gasteiger partial charge in [-0.25, -0.2) is 9.97 Å². The lowest BCUT2D eigenvalue weighted by Crippen LogP contribution is -2.05. The largest absolute Gasteiger partial charge is 0.339 e. The van der Waals surface area contributed by atoms with Crippen LogP contribution < -0.4 is 0 Å². The second-order valence-corrected chi connectivity index (χ2v) is 6.14. The number of fused-ring (bicyclic) bond motifs is 1. The summed E-state index contributed by atoms with van der Waals surface area (Å²) in [6.45, 7) is 7.18. The molecule has 0 radical (unpaired) electrons. The fraction of sp³-hybridized carbons (Fsp3) is 0.263. The highest BCUT2D eigenvalue weighted by Crippen LogP contribution is 2.31. The number of ketones is 2. The van der Waals surface area contributed by atoms with E-state index >= 15 is 0 Å². The first-order valence-corrected chi connectivity index (χ1v) is 7.79. The molecule has 0 amide bonds. The van der Waals surface area contributed by atoms with Gasteiger partial charge in [-0.15, -0.1) is 0 Å². The number of carbonyl (C=O) groups excluding carboxylic acids is 2. The molecular weight excluding hydrogens is 302 g/mol. The number of hydrogen-bond donors (Lipinski definition) is 0. The van der Waals surface area contributed by atoms with Gasteiger partial charge in [0.1, 0.15) is 11.6 Å². The molecule has 0 bridgehead atoms. The molecule has 24 heavy (non-hydrogen) atoms. The summed E-state index contributed by atoms with van der Waals surface area (Å²) in [4.78, 5) is 32.1. The molecule has 0 saturated carbocycles. The first-order valence-electron chi connectivity index (χ1n) is 7.79. The van der Waals surface area contributed by atoms with Crippen molar-refractivity contribution in [2.45, 2.75) is 34.2 Å². The molecule has 1 aromatic carbocycles. The summed E-state index contributed by atoms with van der Waals surface area (Å²) in [5.41, 5.74) is 4.43. The van der Waals surface area contributed by atoms with Crippen molar-refractivity contribution in [1.82, 2.24) is 14.5 Å². The zero-order valence-electron chi connectivity index (χ0n) is 14.3. The van der Waals surface area contributed by atoms with Crippen LogP contribution in [0.15, 0.2) is 30.7 Å². The Morgan fingerprint density at radius 1 is 1.04 bits per heavy atom. The van der Waals surface area contributed by atoms with E-state index in [2.05, 4.69) is 9.97 Å². The maximum absolute atomic E-state index is 12.0. The molecule has 3 rings (SSSR count). The van der Waals surface area contributed by atoms with Crippen molar-refractivity contribution in [3.63, 3.8) is 0 Å². The van der Waals surface area contributed by atoms with Crippen LogP contribution in [-0.2, 0) is 11.3 Å². The highest BCUT2D eigenvalue weighted by Gasteiger charge is 2.16. The predicted octanol–water partition coefficient (Wildman–Crippen LogP) is 3.51. The van der Waals surface area contributed by atoms with Gasteiger partial charge in [-0.3, -0.25) is 9.59 Å². The van der Waals surface area contributed by atoms with Gasteiger partial charge in [-0.05, 0) is 51.0 Å². The molecule has 122 valence electrons. The van der Waals surface area contributed by atoms with E-state index in [4.69, 9.17) is 0 Å². The third-order valence-corrected chi connectivity index (χ3v) is 4.05. The molecule has 2 heterocycles. The average molecular weight is 321 g/mol. The summed E-state index contributed by atoms with van der Waals surface area (Å²) in [5.74, 6) is 0.755. The van der Waals surface area contributed by atoms with E-state index < -0.39 is 0 Å². The monoisotopic (exact) mass is 321 g/mol. The number of hydrogen-bond acceptors (Lipinski definition) is 4. The number of carbonyl (C=O) groups is 2. The SMILES string of the molecule is CC(=O)Cn1cc(C(C)=O)c2cc(-c3cnc(C)nc3)cc(C)c21. The maximum atomic E-state index is 12.0. The number of benzene rings is 1. The topological polar surface area (TPSA) is 64.8 Å². The van der Waals surface area contributed by atoms with E-state index in [1.165, 1.54) is 0 Å². The molecule has 0 aliphatic heterocycles. The van der Waals surface area contributed by atoms with Crippen LogP contribution in [0.4, 0.5) is 0 Å². The summed E-state index contributed by atoms with van der Waals surface area (Å²) in [6, 6.07) is 4.01. The molecule has 0 N–H and O–H groups in total. The van der Waals surface area contributed by atoms with Crippen molar-refractivity contribution in [1.29, 1.82) is 0 Å². The smallest absolute Gasteiger partial charge is 0.161 e. The molecule has 0 unspecified atom stereocenters. The molecule has 0 saturated heterocycles. The lowest BCUT2D eigenvalue weighted by molar-refractivity contribution is -0.117. The van der Waals surface area contributed by atoms with E-state index in [0.717, 1.165) is 27.6 Å². The summed E-state index contributed by atoms with van der Waals surface area (Å²) >= 11 is 0. The van der Waals surface area contributed by atoms with Crippen molar-refractivity contribution in [3.05, 3.63) is 47.7 Å². The molecular formula is C19H19N3O2. The molecule has 0 spiro atoms. The zero-order chi connectivity index (χ0) is 17.4. The third kappa shape index (κ3) is 2.85. The Hall–Kier alpha value is -2.82. The fourth-order valence-corrected chi connectivity index (χ4v) is 3.01. The molecule has 0 fully saturated rings. The van der Waals surface area contributed by atoms with Gasteiger partial charge in [0.2, 0.25) is 0 Å². The molecule has 2 aromatic heterocycles. The Morgan fingerprint density at radius 2 is 1.71 bits per heavy atom. The van der Waals surface area contributed by atoms with Gasteiger partial charge in [0.15, 0.2) is 5.78 Å².